The first-order chi connectivity index (χ1) is 12.0. The van der Waals surface area contributed by atoms with Gasteiger partial charge in [-0.2, -0.15) is 5.10 Å². The third kappa shape index (κ3) is 6.43. The Morgan fingerprint density at radius 3 is 2.72 bits per heavy atom. The fourth-order valence-corrected chi connectivity index (χ4v) is 2.72. The standard InChI is InChI=1S/C18H25F2N3O2/c1-3-25-17-7-5-4-6-16(17)12-22(9-14(2)24)10-15-8-21-23(11-15)13-18(19)20/h4-8,11,14,18,24H,3,9-10,12-13H2,1-2H3. The minimum Gasteiger partial charge on any atom is -0.494 e. The molecule has 1 aromatic carbocycles. The van der Waals surface area contributed by atoms with Gasteiger partial charge in [0.05, 0.1) is 18.9 Å². The maximum Gasteiger partial charge on any atom is 0.257 e. The van der Waals surface area contributed by atoms with Crippen LogP contribution in [0.1, 0.15) is 25.0 Å². The Morgan fingerprint density at radius 2 is 2.04 bits per heavy atom. The molecule has 138 valence electrons. The fourth-order valence-electron chi connectivity index (χ4n) is 2.72. The number of aliphatic hydroxyl groups is 1. The van der Waals surface area contributed by atoms with Crippen LogP contribution in [0.2, 0.25) is 0 Å². The van der Waals surface area contributed by atoms with E-state index in [-0.39, 0.29) is 0 Å². The van der Waals surface area contributed by atoms with Gasteiger partial charge in [-0.25, -0.2) is 8.78 Å². The van der Waals surface area contributed by atoms with E-state index in [2.05, 4.69) is 5.10 Å². The van der Waals surface area contributed by atoms with E-state index in [0.717, 1.165) is 16.9 Å². The number of nitrogens with zero attached hydrogens (tertiary/aromatic N) is 3. The molecule has 0 fully saturated rings. The predicted octanol–water partition coefficient (Wildman–Crippen LogP) is 2.93. The number of para-hydroxylation sites is 1. The average Bonchev–Trinajstić information content (AvgIpc) is 2.95. The van der Waals surface area contributed by atoms with Gasteiger partial charge in [-0.05, 0) is 19.9 Å². The number of halogens is 2. The zero-order valence-corrected chi connectivity index (χ0v) is 14.6. The molecule has 0 bridgehead atoms. The molecule has 1 atom stereocenters. The highest BCUT2D eigenvalue weighted by atomic mass is 19.3. The molecule has 5 nitrogen and oxygen atoms in total. The molecule has 0 saturated carbocycles. The van der Waals surface area contributed by atoms with Crippen LogP contribution in [0.4, 0.5) is 8.78 Å². The number of ether oxygens (including phenoxy) is 1. The second-order valence-corrected chi connectivity index (χ2v) is 6.02. The van der Waals surface area contributed by atoms with Gasteiger partial charge in [-0.15, -0.1) is 0 Å². The van der Waals surface area contributed by atoms with Crippen molar-refractivity contribution in [3.63, 3.8) is 0 Å². The van der Waals surface area contributed by atoms with Crippen molar-refractivity contribution < 1.29 is 18.6 Å². The first-order valence-electron chi connectivity index (χ1n) is 8.38. The molecule has 2 aromatic rings. The molecule has 0 radical (unpaired) electrons. The van der Waals surface area contributed by atoms with E-state index in [4.69, 9.17) is 4.74 Å². The maximum atomic E-state index is 12.5. The third-order valence-electron chi connectivity index (χ3n) is 3.61. The molecule has 0 aliphatic carbocycles. The predicted molar refractivity (Wildman–Crippen MR) is 91.6 cm³/mol. The second kappa shape index (κ2) is 9.48. The summed E-state index contributed by atoms with van der Waals surface area (Å²) < 4.78 is 31.8. The molecule has 0 aliphatic rings. The quantitative estimate of drug-likeness (QED) is 0.714. The van der Waals surface area contributed by atoms with Crippen molar-refractivity contribution in [2.45, 2.75) is 46.0 Å². The lowest BCUT2D eigenvalue weighted by atomic mass is 10.1. The maximum absolute atomic E-state index is 12.5. The monoisotopic (exact) mass is 353 g/mol. The molecule has 0 saturated heterocycles. The van der Waals surface area contributed by atoms with Gasteiger partial charge in [0.1, 0.15) is 12.3 Å². The van der Waals surface area contributed by atoms with Crippen LogP contribution in [0, 0.1) is 0 Å². The Bertz CT molecular complexity index is 647. The van der Waals surface area contributed by atoms with Gasteiger partial charge >= 0.3 is 0 Å². The lowest BCUT2D eigenvalue weighted by Crippen LogP contribution is -2.30. The van der Waals surface area contributed by atoms with Gasteiger partial charge in [0.25, 0.3) is 6.43 Å². The van der Waals surface area contributed by atoms with E-state index in [1.165, 1.54) is 4.68 Å². The largest absolute Gasteiger partial charge is 0.494 e. The Kier molecular flexibility index (Phi) is 7.33. The fraction of sp³-hybridized carbons (Fsp3) is 0.500. The summed E-state index contributed by atoms with van der Waals surface area (Å²) in [6, 6.07) is 7.77. The number of hydrogen-bond donors (Lipinski definition) is 1. The van der Waals surface area contributed by atoms with Crippen LogP contribution >= 0.6 is 0 Å². The Labute approximate surface area is 146 Å². The van der Waals surface area contributed by atoms with E-state index in [9.17, 15) is 13.9 Å². The number of alkyl halides is 2. The molecule has 1 unspecified atom stereocenters. The number of benzene rings is 1. The Hall–Kier alpha value is -1.99. The van der Waals surface area contributed by atoms with Crippen LogP contribution in [0.5, 0.6) is 5.75 Å². The highest BCUT2D eigenvalue weighted by molar-refractivity contribution is 5.33. The van der Waals surface area contributed by atoms with Crippen LogP contribution in [0.3, 0.4) is 0 Å². The summed E-state index contributed by atoms with van der Waals surface area (Å²) >= 11 is 0. The molecule has 1 N–H and O–H groups in total. The van der Waals surface area contributed by atoms with Crippen molar-refractivity contribution in [3.05, 3.63) is 47.8 Å². The van der Waals surface area contributed by atoms with E-state index in [1.807, 2.05) is 36.1 Å². The number of hydrogen-bond acceptors (Lipinski definition) is 4. The van der Waals surface area contributed by atoms with E-state index in [0.29, 0.717) is 26.2 Å². The van der Waals surface area contributed by atoms with Crippen molar-refractivity contribution >= 4 is 0 Å². The number of aliphatic hydroxyl groups excluding tert-OH is 1. The van der Waals surface area contributed by atoms with Crippen molar-refractivity contribution in [1.82, 2.24) is 14.7 Å². The molecular formula is C18H25F2N3O2. The van der Waals surface area contributed by atoms with Gasteiger partial charge < -0.3 is 9.84 Å². The van der Waals surface area contributed by atoms with Gasteiger partial charge in [0.15, 0.2) is 0 Å². The molecule has 7 heteroatoms. The molecular weight excluding hydrogens is 328 g/mol. The normalized spacial score (nSPS) is 12.8. The van der Waals surface area contributed by atoms with E-state index in [1.54, 1.807) is 19.3 Å². The van der Waals surface area contributed by atoms with Crippen LogP contribution in [0.25, 0.3) is 0 Å². The highest BCUT2D eigenvalue weighted by Gasteiger charge is 2.14. The van der Waals surface area contributed by atoms with Crippen molar-refractivity contribution in [1.29, 1.82) is 0 Å². The zero-order valence-electron chi connectivity index (χ0n) is 14.6. The van der Waals surface area contributed by atoms with Gasteiger partial charge in [-0.1, -0.05) is 18.2 Å². The number of rotatable bonds is 10. The summed E-state index contributed by atoms with van der Waals surface area (Å²) in [5.74, 6) is 0.814. The summed E-state index contributed by atoms with van der Waals surface area (Å²) in [5, 5.41) is 13.7. The third-order valence-corrected chi connectivity index (χ3v) is 3.61. The molecule has 0 aliphatic heterocycles. The molecule has 0 amide bonds. The first-order valence-corrected chi connectivity index (χ1v) is 8.38. The second-order valence-electron chi connectivity index (χ2n) is 6.02. The van der Waals surface area contributed by atoms with Crippen molar-refractivity contribution in [2.24, 2.45) is 0 Å². The molecule has 2 rings (SSSR count). The topological polar surface area (TPSA) is 50.5 Å². The first kappa shape index (κ1) is 19.3. The highest BCUT2D eigenvalue weighted by Crippen LogP contribution is 2.21. The molecule has 1 heterocycles. The lowest BCUT2D eigenvalue weighted by molar-refractivity contribution is 0.117. The van der Waals surface area contributed by atoms with Crippen molar-refractivity contribution in [3.8, 4) is 5.75 Å². The number of aromatic nitrogens is 2. The lowest BCUT2D eigenvalue weighted by Gasteiger charge is -2.24. The summed E-state index contributed by atoms with van der Waals surface area (Å²) in [4.78, 5) is 2.05. The van der Waals surface area contributed by atoms with Gasteiger partial charge in [0, 0.05) is 37.0 Å². The molecule has 1 aromatic heterocycles. The summed E-state index contributed by atoms with van der Waals surface area (Å²) in [6.07, 6.45) is 0.274. The minimum atomic E-state index is -2.43. The summed E-state index contributed by atoms with van der Waals surface area (Å²) in [7, 11) is 0. The van der Waals surface area contributed by atoms with Gasteiger partial charge in [-0.3, -0.25) is 9.58 Å². The van der Waals surface area contributed by atoms with Crippen LogP contribution in [0.15, 0.2) is 36.7 Å². The van der Waals surface area contributed by atoms with Crippen LogP contribution in [-0.2, 0) is 19.6 Å². The van der Waals surface area contributed by atoms with Crippen LogP contribution in [-0.4, -0.2) is 45.5 Å². The minimum absolute atomic E-state index is 0.413. The Balaban J connectivity index is 2.10. The summed E-state index contributed by atoms with van der Waals surface area (Å²) in [6.45, 7) is 5.37. The molecule has 25 heavy (non-hydrogen) atoms. The van der Waals surface area contributed by atoms with Crippen LogP contribution < -0.4 is 4.74 Å². The van der Waals surface area contributed by atoms with Crippen molar-refractivity contribution in [2.75, 3.05) is 13.2 Å². The summed E-state index contributed by atoms with van der Waals surface area (Å²) in [5.41, 5.74) is 1.85. The Morgan fingerprint density at radius 1 is 1.28 bits per heavy atom. The average molecular weight is 353 g/mol. The van der Waals surface area contributed by atoms with E-state index >= 15 is 0 Å². The molecule has 0 spiro atoms. The zero-order chi connectivity index (χ0) is 18.2. The van der Waals surface area contributed by atoms with E-state index < -0.39 is 19.1 Å². The smallest absolute Gasteiger partial charge is 0.257 e. The SMILES string of the molecule is CCOc1ccccc1CN(Cc1cnn(CC(F)F)c1)CC(C)O. The van der Waals surface area contributed by atoms with Gasteiger partial charge in [0.2, 0.25) is 0 Å².